The van der Waals surface area contributed by atoms with Crippen molar-refractivity contribution < 1.29 is 13.9 Å². The quantitative estimate of drug-likeness (QED) is 0.864. The molecular weight excluding hydrogens is 270 g/mol. The minimum absolute atomic E-state index is 0.0137. The monoisotopic (exact) mass is 276 g/mol. The van der Waals surface area contributed by atoms with Gasteiger partial charge < -0.3 is 5.11 Å². The molecule has 0 aliphatic heterocycles. The highest BCUT2D eigenvalue weighted by atomic mass is 79.9. The highest BCUT2D eigenvalue weighted by Crippen LogP contribution is 2.28. The van der Waals surface area contributed by atoms with E-state index in [-0.39, 0.29) is 28.9 Å². The summed E-state index contributed by atoms with van der Waals surface area (Å²) in [6.45, 7) is 0. The highest BCUT2D eigenvalue weighted by Gasteiger charge is 2.17. The van der Waals surface area contributed by atoms with Crippen LogP contribution in [0.15, 0.2) is 6.07 Å². The van der Waals surface area contributed by atoms with Gasteiger partial charge in [-0.05, 0) is 6.07 Å². The molecule has 0 fully saturated rings. The first-order valence-electron chi connectivity index (χ1n) is 4.02. The van der Waals surface area contributed by atoms with Crippen LogP contribution >= 0.6 is 15.9 Å². The van der Waals surface area contributed by atoms with E-state index in [0.717, 1.165) is 6.07 Å². The number of nitriles is 1. The van der Waals surface area contributed by atoms with Crippen LogP contribution < -0.4 is 0 Å². The Balaban J connectivity index is 3.26. The van der Waals surface area contributed by atoms with Crippen molar-refractivity contribution >= 4 is 15.9 Å². The molecule has 1 heterocycles. The zero-order valence-corrected chi connectivity index (χ0v) is 9.13. The fourth-order valence-corrected chi connectivity index (χ4v) is 1.52. The zero-order chi connectivity index (χ0) is 11.4. The highest BCUT2D eigenvalue weighted by molar-refractivity contribution is 9.08. The van der Waals surface area contributed by atoms with Gasteiger partial charge in [-0.1, -0.05) is 15.9 Å². The van der Waals surface area contributed by atoms with Gasteiger partial charge in [0.1, 0.15) is 5.75 Å². The van der Waals surface area contributed by atoms with Crippen LogP contribution in [-0.2, 0) is 11.8 Å². The molecular formula is C9H7BrF2N2O. The second kappa shape index (κ2) is 5.03. The van der Waals surface area contributed by atoms with Crippen molar-refractivity contribution in [3.05, 3.63) is 23.0 Å². The van der Waals surface area contributed by atoms with Crippen LogP contribution in [0.2, 0.25) is 0 Å². The van der Waals surface area contributed by atoms with Gasteiger partial charge in [-0.25, -0.2) is 8.78 Å². The zero-order valence-electron chi connectivity index (χ0n) is 7.54. The third-order valence-electron chi connectivity index (χ3n) is 1.80. The lowest BCUT2D eigenvalue weighted by molar-refractivity contribution is 0.149. The minimum atomic E-state index is -2.74. The Bertz CT molecular complexity index is 404. The van der Waals surface area contributed by atoms with Gasteiger partial charge in [0.2, 0.25) is 0 Å². The van der Waals surface area contributed by atoms with Gasteiger partial charge in [0, 0.05) is 10.9 Å². The van der Waals surface area contributed by atoms with Crippen LogP contribution in [0.3, 0.4) is 0 Å². The Hall–Kier alpha value is -1.22. The number of hydrogen-bond acceptors (Lipinski definition) is 3. The van der Waals surface area contributed by atoms with Crippen LogP contribution in [0.5, 0.6) is 5.75 Å². The van der Waals surface area contributed by atoms with E-state index in [4.69, 9.17) is 5.26 Å². The number of alkyl halides is 3. The lowest BCUT2D eigenvalue weighted by Gasteiger charge is -2.08. The van der Waals surface area contributed by atoms with Crippen molar-refractivity contribution in [2.75, 3.05) is 0 Å². The first kappa shape index (κ1) is 11.9. The summed E-state index contributed by atoms with van der Waals surface area (Å²) in [5.41, 5.74) is -0.122. The SMILES string of the molecule is N#CCc1nc(CBr)c(O)cc1C(F)F. The Morgan fingerprint density at radius 3 is 2.67 bits per heavy atom. The molecule has 1 aromatic rings. The molecule has 0 aromatic carbocycles. The van der Waals surface area contributed by atoms with Gasteiger partial charge >= 0.3 is 0 Å². The number of pyridine rings is 1. The fourth-order valence-electron chi connectivity index (χ4n) is 1.10. The van der Waals surface area contributed by atoms with Crippen molar-refractivity contribution in [3.8, 4) is 11.8 Å². The second-order valence-electron chi connectivity index (χ2n) is 2.76. The molecule has 0 spiro atoms. The van der Waals surface area contributed by atoms with Crippen LogP contribution in [0.4, 0.5) is 8.78 Å². The van der Waals surface area contributed by atoms with E-state index in [0.29, 0.717) is 0 Å². The summed E-state index contributed by atoms with van der Waals surface area (Å²) in [7, 11) is 0. The molecule has 3 nitrogen and oxygen atoms in total. The number of hydrogen-bond donors (Lipinski definition) is 1. The normalized spacial score (nSPS) is 10.3. The van der Waals surface area contributed by atoms with Gasteiger partial charge in [-0.3, -0.25) is 4.98 Å². The van der Waals surface area contributed by atoms with E-state index in [1.807, 2.05) is 0 Å². The molecule has 1 aromatic heterocycles. The largest absolute Gasteiger partial charge is 0.506 e. The molecule has 6 heteroatoms. The molecule has 0 atom stereocenters. The molecule has 0 amide bonds. The molecule has 0 radical (unpaired) electrons. The Morgan fingerprint density at radius 1 is 1.53 bits per heavy atom. The van der Waals surface area contributed by atoms with Gasteiger partial charge in [0.15, 0.2) is 0 Å². The standard InChI is InChI=1S/C9H7BrF2N2O/c10-4-7-8(15)3-5(9(11)12)6(14-7)1-2-13/h3,9,15H,1,4H2. The van der Waals surface area contributed by atoms with Gasteiger partial charge in [0.25, 0.3) is 6.43 Å². The first-order chi connectivity index (χ1) is 7.10. The van der Waals surface area contributed by atoms with E-state index in [9.17, 15) is 13.9 Å². The molecule has 15 heavy (non-hydrogen) atoms. The van der Waals surface area contributed by atoms with Crippen molar-refractivity contribution in [1.29, 1.82) is 5.26 Å². The summed E-state index contributed by atoms with van der Waals surface area (Å²) in [5.74, 6) is -0.288. The fraction of sp³-hybridized carbons (Fsp3) is 0.333. The molecule has 0 saturated heterocycles. The second-order valence-corrected chi connectivity index (χ2v) is 3.32. The van der Waals surface area contributed by atoms with Crippen LogP contribution in [0.1, 0.15) is 23.4 Å². The van der Waals surface area contributed by atoms with Crippen molar-refractivity contribution in [2.24, 2.45) is 0 Å². The predicted octanol–water partition coefficient (Wildman–Crippen LogP) is 2.69. The number of rotatable bonds is 3. The summed E-state index contributed by atoms with van der Waals surface area (Å²) in [6, 6.07) is 2.72. The minimum Gasteiger partial charge on any atom is -0.506 e. The van der Waals surface area contributed by atoms with Gasteiger partial charge in [-0.15, -0.1) is 0 Å². The summed E-state index contributed by atoms with van der Waals surface area (Å²) in [6.07, 6.45) is -2.93. The Kier molecular flexibility index (Phi) is 3.97. The Morgan fingerprint density at radius 2 is 2.20 bits per heavy atom. The van der Waals surface area contributed by atoms with E-state index in [1.165, 1.54) is 0 Å². The topological polar surface area (TPSA) is 56.9 Å². The maximum absolute atomic E-state index is 12.5. The smallest absolute Gasteiger partial charge is 0.265 e. The number of halogens is 3. The van der Waals surface area contributed by atoms with Crippen LogP contribution in [-0.4, -0.2) is 10.1 Å². The molecule has 80 valence electrons. The van der Waals surface area contributed by atoms with Gasteiger partial charge in [0.05, 0.1) is 23.9 Å². The van der Waals surface area contributed by atoms with Gasteiger partial charge in [-0.2, -0.15) is 5.26 Å². The molecule has 1 N–H and O–H groups in total. The molecule has 0 saturated carbocycles. The number of nitrogens with zero attached hydrogens (tertiary/aromatic N) is 2. The first-order valence-corrected chi connectivity index (χ1v) is 5.15. The lowest BCUT2D eigenvalue weighted by atomic mass is 10.1. The third-order valence-corrected chi connectivity index (χ3v) is 2.33. The summed E-state index contributed by atoms with van der Waals surface area (Å²) in [4.78, 5) is 3.80. The number of aromatic hydroxyl groups is 1. The van der Waals surface area contributed by atoms with Crippen molar-refractivity contribution in [2.45, 2.75) is 18.2 Å². The maximum atomic E-state index is 12.5. The Labute approximate surface area is 93.5 Å². The van der Waals surface area contributed by atoms with Crippen LogP contribution in [0, 0.1) is 11.3 Å². The molecule has 0 unspecified atom stereocenters. The molecule has 0 bridgehead atoms. The van der Waals surface area contributed by atoms with E-state index in [1.54, 1.807) is 6.07 Å². The maximum Gasteiger partial charge on any atom is 0.265 e. The lowest BCUT2D eigenvalue weighted by Crippen LogP contribution is -2.01. The predicted molar refractivity (Wildman–Crippen MR) is 52.8 cm³/mol. The van der Waals surface area contributed by atoms with E-state index in [2.05, 4.69) is 20.9 Å². The van der Waals surface area contributed by atoms with Crippen molar-refractivity contribution in [3.63, 3.8) is 0 Å². The molecule has 0 aliphatic carbocycles. The molecule has 0 aliphatic rings. The van der Waals surface area contributed by atoms with E-state index < -0.39 is 12.0 Å². The summed E-state index contributed by atoms with van der Waals surface area (Å²) in [5, 5.41) is 18.0. The summed E-state index contributed by atoms with van der Waals surface area (Å²) < 4.78 is 25.0. The third kappa shape index (κ3) is 2.63. The van der Waals surface area contributed by atoms with Crippen molar-refractivity contribution in [1.82, 2.24) is 4.98 Å². The number of aromatic nitrogens is 1. The average Bonchev–Trinajstić information content (AvgIpc) is 2.20. The average molecular weight is 277 g/mol. The molecule has 1 rings (SSSR count). The summed E-state index contributed by atoms with van der Waals surface area (Å²) >= 11 is 3.06. The van der Waals surface area contributed by atoms with Crippen LogP contribution in [0.25, 0.3) is 0 Å². The van der Waals surface area contributed by atoms with E-state index >= 15 is 0 Å².